The van der Waals surface area contributed by atoms with Crippen LogP contribution in [0.1, 0.15) is 11.1 Å². The number of hydrogen-bond acceptors (Lipinski definition) is 2. The molecule has 98 valence electrons. The van der Waals surface area contributed by atoms with Crippen LogP contribution in [0, 0.1) is 5.82 Å². The summed E-state index contributed by atoms with van der Waals surface area (Å²) < 4.78 is 13.5. The van der Waals surface area contributed by atoms with Crippen molar-refractivity contribution in [1.29, 1.82) is 0 Å². The van der Waals surface area contributed by atoms with Crippen LogP contribution in [0.3, 0.4) is 0 Å². The van der Waals surface area contributed by atoms with Crippen molar-refractivity contribution in [3.63, 3.8) is 0 Å². The van der Waals surface area contributed by atoms with Crippen LogP contribution >= 0.6 is 11.6 Å². The molecule has 2 aromatic carbocycles. The fourth-order valence-corrected chi connectivity index (χ4v) is 2.70. The number of benzene rings is 2. The summed E-state index contributed by atoms with van der Waals surface area (Å²) in [6.45, 7) is 1.56. The fourth-order valence-electron chi connectivity index (χ4n) is 2.58. The highest BCUT2D eigenvalue weighted by atomic mass is 35.5. The van der Waals surface area contributed by atoms with Crippen LogP contribution in [0.2, 0.25) is 5.02 Å². The molecule has 4 heteroatoms. The van der Waals surface area contributed by atoms with Crippen molar-refractivity contribution in [3.8, 4) is 0 Å². The lowest BCUT2D eigenvalue weighted by Gasteiger charge is -2.21. The number of nitrogens with zero attached hydrogens (tertiary/aromatic N) is 1. The zero-order chi connectivity index (χ0) is 13.4. The van der Waals surface area contributed by atoms with E-state index >= 15 is 0 Å². The van der Waals surface area contributed by atoms with Gasteiger partial charge in [0.05, 0.1) is 16.4 Å². The van der Waals surface area contributed by atoms with Crippen molar-refractivity contribution >= 4 is 23.0 Å². The molecule has 0 fully saturated rings. The first-order valence-electron chi connectivity index (χ1n) is 6.21. The van der Waals surface area contributed by atoms with Gasteiger partial charge in [-0.3, -0.25) is 0 Å². The summed E-state index contributed by atoms with van der Waals surface area (Å²) >= 11 is 5.69. The molecule has 2 nitrogen and oxygen atoms in total. The second kappa shape index (κ2) is 4.74. The third-order valence-electron chi connectivity index (χ3n) is 3.48. The van der Waals surface area contributed by atoms with E-state index in [9.17, 15) is 4.39 Å². The molecule has 0 atom stereocenters. The van der Waals surface area contributed by atoms with E-state index in [0.29, 0.717) is 6.54 Å². The zero-order valence-electron chi connectivity index (χ0n) is 10.4. The first kappa shape index (κ1) is 12.3. The highest BCUT2D eigenvalue weighted by molar-refractivity contribution is 6.30. The van der Waals surface area contributed by atoms with Gasteiger partial charge in [0.1, 0.15) is 5.82 Å². The Labute approximate surface area is 116 Å². The molecule has 2 N–H and O–H groups in total. The summed E-state index contributed by atoms with van der Waals surface area (Å²) in [5, 5.41) is 0.157. The zero-order valence-corrected chi connectivity index (χ0v) is 11.1. The monoisotopic (exact) mass is 276 g/mol. The lowest BCUT2D eigenvalue weighted by Crippen LogP contribution is -2.20. The van der Waals surface area contributed by atoms with Crippen LogP contribution in [0.5, 0.6) is 0 Å². The van der Waals surface area contributed by atoms with E-state index in [2.05, 4.69) is 11.0 Å². The minimum absolute atomic E-state index is 0.157. The first-order valence-corrected chi connectivity index (χ1v) is 6.59. The van der Waals surface area contributed by atoms with Crippen LogP contribution in [-0.4, -0.2) is 6.54 Å². The lowest BCUT2D eigenvalue weighted by atomic mass is 10.1. The Morgan fingerprint density at radius 2 is 2.11 bits per heavy atom. The Hall–Kier alpha value is -1.74. The Balaban J connectivity index is 1.88. The number of para-hydroxylation sites is 1. The molecule has 1 heterocycles. The van der Waals surface area contributed by atoms with Crippen molar-refractivity contribution in [2.45, 2.75) is 13.0 Å². The minimum atomic E-state index is -0.375. The average Bonchev–Trinajstić information content (AvgIpc) is 2.79. The molecular weight excluding hydrogens is 263 g/mol. The molecule has 0 aromatic heterocycles. The Kier molecular flexibility index (Phi) is 3.07. The predicted octanol–water partition coefficient (Wildman–Crippen LogP) is 3.62. The maximum Gasteiger partial charge on any atom is 0.142 e. The first-order chi connectivity index (χ1) is 9.15. The number of fused-ring (bicyclic) bond motifs is 1. The van der Waals surface area contributed by atoms with Gasteiger partial charge in [-0.1, -0.05) is 29.8 Å². The summed E-state index contributed by atoms with van der Waals surface area (Å²) in [5.41, 5.74) is 10.1. The molecule has 1 aliphatic rings. The van der Waals surface area contributed by atoms with Gasteiger partial charge in [0, 0.05) is 13.1 Å². The molecule has 0 radical (unpaired) electrons. The maximum atomic E-state index is 13.5. The number of hydrogen-bond donors (Lipinski definition) is 1. The molecule has 0 saturated heterocycles. The van der Waals surface area contributed by atoms with E-state index in [1.54, 1.807) is 6.07 Å². The summed E-state index contributed by atoms with van der Waals surface area (Å²) in [5.74, 6) is -0.375. The largest absolute Gasteiger partial charge is 0.397 e. The maximum absolute atomic E-state index is 13.5. The van der Waals surface area contributed by atoms with E-state index in [4.69, 9.17) is 17.3 Å². The smallest absolute Gasteiger partial charge is 0.142 e. The molecular formula is C15H14ClFN2. The van der Waals surface area contributed by atoms with Gasteiger partial charge in [-0.2, -0.15) is 0 Å². The van der Waals surface area contributed by atoms with Crippen LogP contribution in [0.15, 0.2) is 36.4 Å². The van der Waals surface area contributed by atoms with Gasteiger partial charge < -0.3 is 10.6 Å². The van der Waals surface area contributed by atoms with Crippen molar-refractivity contribution in [3.05, 3.63) is 58.4 Å². The number of halogens is 2. The molecule has 1 aliphatic heterocycles. The van der Waals surface area contributed by atoms with E-state index in [0.717, 1.165) is 29.9 Å². The number of nitrogens with two attached hydrogens (primary N) is 1. The Morgan fingerprint density at radius 3 is 2.89 bits per heavy atom. The molecule has 0 amide bonds. The van der Waals surface area contributed by atoms with Crippen LogP contribution in [-0.2, 0) is 13.0 Å². The van der Waals surface area contributed by atoms with E-state index in [-0.39, 0.29) is 10.8 Å². The van der Waals surface area contributed by atoms with Crippen molar-refractivity contribution in [2.24, 2.45) is 0 Å². The second-order valence-electron chi connectivity index (χ2n) is 4.77. The second-order valence-corrected chi connectivity index (χ2v) is 5.18. The van der Waals surface area contributed by atoms with Gasteiger partial charge in [0.25, 0.3) is 0 Å². The van der Waals surface area contributed by atoms with Crippen molar-refractivity contribution in [1.82, 2.24) is 0 Å². The third kappa shape index (κ3) is 2.26. The number of anilines is 2. The Morgan fingerprint density at radius 1 is 1.26 bits per heavy atom. The molecule has 0 bridgehead atoms. The fraction of sp³-hybridized carbons (Fsp3) is 0.200. The van der Waals surface area contributed by atoms with Gasteiger partial charge in [-0.25, -0.2) is 4.39 Å². The summed E-state index contributed by atoms with van der Waals surface area (Å²) in [6, 6.07) is 10.9. The summed E-state index contributed by atoms with van der Waals surface area (Å²) in [4.78, 5) is 2.19. The lowest BCUT2D eigenvalue weighted by molar-refractivity contribution is 0.625. The summed E-state index contributed by atoms with van der Waals surface area (Å²) in [7, 11) is 0. The third-order valence-corrected chi connectivity index (χ3v) is 3.78. The normalized spacial score (nSPS) is 13.7. The molecule has 2 aromatic rings. The SMILES string of the molecule is Nc1cccc2c1N(Cc1ccc(Cl)c(F)c1)CC2. The number of nitrogen functional groups attached to an aromatic ring is 1. The molecule has 0 unspecified atom stereocenters. The summed E-state index contributed by atoms with van der Waals surface area (Å²) in [6.07, 6.45) is 0.983. The topological polar surface area (TPSA) is 29.3 Å². The van der Waals surface area contributed by atoms with Crippen molar-refractivity contribution < 1.29 is 4.39 Å². The highest BCUT2D eigenvalue weighted by Crippen LogP contribution is 2.34. The molecule has 0 spiro atoms. The van der Waals surface area contributed by atoms with E-state index < -0.39 is 0 Å². The molecule has 0 aliphatic carbocycles. The van der Waals surface area contributed by atoms with Crippen LogP contribution in [0.25, 0.3) is 0 Å². The number of rotatable bonds is 2. The molecule has 3 rings (SSSR count). The van der Waals surface area contributed by atoms with Gasteiger partial charge in [0.2, 0.25) is 0 Å². The highest BCUT2D eigenvalue weighted by Gasteiger charge is 2.21. The van der Waals surface area contributed by atoms with Crippen molar-refractivity contribution in [2.75, 3.05) is 17.2 Å². The van der Waals surface area contributed by atoms with Gasteiger partial charge in [-0.15, -0.1) is 0 Å². The Bertz CT molecular complexity index is 628. The minimum Gasteiger partial charge on any atom is -0.397 e. The van der Waals surface area contributed by atoms with E-state index in [1.807, 2.05) is 18.2 Å². The van der Waals surface area contributed by atoms with Crippen LogP contribution in [0.4, 0.5) is 15.8 Å². The predicted molar refractivity (Wildman–Crippen MR) is 77.0 cm³/mol. The van der Waals surface area contributed by atoms with Crippen LogP contribution < -0.4 is 10.6 Å². The molecule has 0 saturated carbocycles. The van der Waals surface area contributed by atoms with Gasteiger partial charge in [0.15, 0.2) is 0 Å². The van der Waals surface area contributed by atoms with E-state index in [1.165, 1.54) is 11.6 Å². The quantitative estimate of drug-likeness (QED) is 0.849. The van der Waals surface area contributed by atoms with Gasteiger partial charge in [-0.05, 0) is 35.7 Å². The average molecular weight is 277 g/mol. The standard InChI is InChI=1S/C15H14ClFN2/c16-12-5-4-10(8-13(12)17)9-19-7-6-11-2-1-3-14(18)15(11)19/h1-5,8H,6-7,9,18H2. The molecule has 19 heavy (non-hydrogen) atoms. The van der Waals surface area contributed by atoms with Gasteiger partial charge >= 0.3 is 0 Å².